The molecule has 0 N–H and O–H groups in total. The fourth-order valence-corrected chi connectivity index (χ4v) is 4.52. The summed E-state index contributed by atoms with van der Waals surface area (Å²) in [5.41, 5.74) is 4.02. The van der Waals surface area contributed by atoms with Crippen LogP contribution in [0.15, 0.2) is 91.0 Å². The lowest BCUT2D eigenvalue weighted by Crippen LogP contribution is -2.34. The first-order chi connectivity index (χ1) is 14.3. The van der Waals surface area contributed by atoms with Gasteiger partial charge in [-0.25, -0.2) is 0 Å². The molecule has 2 aliphatic heterocycles. The van der Waals surface area contributed by atoms with Crippen LogP contribution in [0.25, 0.3) is 16.8 Å². The maximum absolute atomic E-state index is 6.80. The fourth-order valence-electron chi connectivity index (χ4n) is 4.52. The molecule has 0 radical (unpaired) electrons. The van der Waals surface area contributed by atoms with Crippen molar-refractivity contribution >= 4 is 16.8 Å². The summed E-state index contributed by atoms with van der Waals surface area (Å²) in [5.74, 6) is 1.92. The number of fused-ring (bicyclic) bond motifs is 4. The summed E-state index contributed by atoms with van der Waals surface area (Å²) in [5, 5.41) is 2.40. The quantitative estimate of drug-likeness (QED) is 0.419. The first kappa shape index (κ1) is 16.4. The molecule has 0 aliphatic carbocycles. The Morgan fingerprint density at radius 2 is 1.45 bits per heavy atom. The summed E-state index contributed by atoms with van der Waals surface area (Å²) in [4.78, 5) is 0. The van der Waals surface area contributed by atoms with Crippen LogP contribution in [0.1, 0.15) is 22.3 Å². The van der Waals surface area contributed by atoms with Crippen molar-refractivity contribution < 1.29 is 9.47 Å². The molecular formula is C27H20O2. The molecule has 0 spiro atoms. The number of hydrogen-bond donors (Lipinski definition) is 0. The highest BCUT2D eigenvalue weighted by atomic mass is 16.5. The summed E-state index contributed by atoms with van der Waals surface area (Å²) in [7, 11) is 0. The summed E-state index contributed by atoms with van der Waals surface area (Å²) in [6, 6.07) is 29.5. The maximum Gasteiger partial charge on any atom is 0.178 e. The van der Waals surface area contributed by atoms with Gasteiger partial charge in [0, 0.05) is 23.1 Å². The highest BCUT2D eigenvalue weighted by molar-refractivity contribution is 5.95. The van der Waals surface area contributed by atoms with E-state index in [0.717, 1.165) is 41.2 Å². The first-order valence-electron chi connectivity index (χ1n) is 10.1. The molecule has 29 heavy (non-hydrogen) atoms. The van der Waals surface area contributed by atoms with Crippen molar-refractivity contribution in [3.8, 4) is 11.5 Å². The van der Waals surface area contributed by atoms with Gasteiger partial charge in [0.2, 0.25) is 0 Å². The number of rotatable bonds is 2. The molecule has 6 rings (SSSR count). The molecule has 0 saturated carbocycles. The number of ether oxygens (including phenoxy) is 2. The zero-order valence-corrected chi connectivity index (χ0v) is 16.0. The van der Waals surface area contributed by atoms with Gasteiger partial charge in [0.05, 0.1) is 6.61 Å². The summed E-state index contributed by atoms with van der Waals surface area (Å²) < 4.78 is 12.6. The normalized spacial score (nSPS) is 16.0. The lowest BCUT2D eigenvalue weighted by atomic mass is 9.83. The van der Waals surface area contributed by atoms with Crippen LogP contribution in [0.4, 0.5) is 0 Å². The van der Waals surface area contributed by atoms with Gasteiger partial charge in [0.1, 0.15) is 11.5 Å². The predicted octanol–water partition coefficient (Wildman–Crippen LogP) is 6.12. The lowest BCUT2D eigenvalue weighted by molar-refractivity contribution is 0.161. The van der Waals surface area contributed by atoms with Crippen molar-refractivity contribution in [1.82, 2.24) is 0 Å². The molecule has 0 fully saturated rings. The van der Waals surface area contributed by atoms with Gasteiger partial charge < -0.3 is 9.47 Å². The molecule has 0 bridgehead atoms. The third kappa shape index (κ3) is 2.49. The fraction of sp³-hybridized carbons (Fsp3) is 0.111. The van der Waals surface area contributed by atoms with Crippen molar-refractivity contribution in [2.24, 2.45) is 0 Å². The van der Waals surface area contributed by atoms with Crippen LogP contribution in [-0.2, 0) is 12.0 Å². The SMILES string of the molecule is C1=CC(c2ccccc2)(c2ccccc2)Oc2ccc3cc4c(cc3c21)CCO4. The predicted molar refractivity (Wildman–Crippen MR) is 116 cm³/mol. The molecule has 0 unspecified atom stereocenters. The Bertz CT molecular complexity index is 1200. The average molecular weight is 376 g/mol. The third-order valence-corrected chi connectivity index (χ3v) is 5.99. The van der Waals surface area contributed by atoms with E-state index in [1.54, 1.807) is 0 Å². The number of benzene rings is 4. The van der Waals surface area contributed by atoms with Gasteiger partial charge in [0.25, 0.3) is 0 Å². The Hall–Kier alpha value is -3.52. The molecule has 4 aromatic carbocycles. The largest absolute Gasteiger partial charge is 0.493 e. The minimum atomic E-state index is -0.636. The molecule has 0 atom stereocenters. The Kier molecular flexibility index (Phi) is 3.54. The smallest absolute Gasteiger partial charge is 0.178 e. The second kappa shape index (κ2) is 6.25. The van der Waals surface area contributed by atoms with Gasteiger partial charge in [-0.1, -0.05) is 66.7 Å². The van der Waals surface area contributed by atoms with E-state index in [1.807, 2.05) is 12.1 Å². The van der Waals surface area contributed by atoms with Crippen molar-refractivity contribution in [3.63, 3.8) is 0 Å². The monoisotopic (exact) mass is 376 g/mol. The van der Waals surface area contributed by atoms with Crippen molar-refractivity contribution in [2.75, 3.05) is 6.61 Å². The summed E-state index contributed by atoms with van der Waals surface area (Å²) in [6.07, 6.45) is 5.39. The standard InChI is InChI=1S/C27H20O2/c1-3-7-21(8-4-1)27(22-9-5-2-6-10-22)15-13-23-24-17-20-14-16-28-26(20)18-19(24)11-12-25(23)29-27/h1-13,15,17-18H,14,16H2. The number of hydrogen-bond acceptors (Lipinski definition) is 2. The molecule has 0 amide bonds. The Morgan fingerprint density at radius 3 is 2.17 bits per heavy atom. The van der Waals surface area contributed by atoms with Crippen LogP contribution in [0.5, 0.6) is 11.5 Å². The van der Waals surface area contributed by atoms with Crippen LogP contribution in [-0.4, -0.2) is 6.61 Å². The summed E-state index contributed by atoms with van der Waals surface area (Å²) >= 11 is 0. The first-order valence-corrected chi connectivity index (χ1v) is 10.1. The Labute approximate surface area is 170 Å². The van der Waals surface area contributed by atoms with Crippen LogP contribution in [0.3, 0.4) is 0 Å². The minimum absolute atomic E-state index is 0.636. The maximum atomic E-state index is 6.80. The van der Waals surface area contributed by atoms with Gasteiger partial charge in [-0.15, -0.1) is 0 Å². The summed E-state index contributed by atoms with van der Waals surface area (Å²) in [6.45, 7) is 0.769. The van der Waals surface area contributed by atoms with E-state index < -0.39 is 5.60 Å². The van der Waals surface area contributed by atoms with E-state index in [2.05, 4.69) is 84.9 Å². The van der Waals surface area contributed by atoms with Gasteiger partial charge in [-0.05, 0) is 46.7 Å². The second-order valence-electron chi connectivity index (χ2n) is 7.66. The molecule has 2 heterocycles. The van der Waals surface area contributed by atoms with E-state index in [0.29, 0.717) is 0 Å². The molecule has 140 valence electrons. The highest BCUT2D eigenvalue weighted by Gasteiger charge is 2.37. The highest BCUT2D eigenvalue weighted by Crippen LogP contribution is 2.45. The van der Waals surface area contributed by atoms with Crippen LogP contribution >= 0.6 is 0 Å². The van der Waals surface area contributed by atoms with Crippen LogP contribution < -0.4 is 9.47 Å². The Morgan fingerprint density at radius 1 is 0.724 bits per heavy atom. The topological polar surface area (TPSA) is 18.5 Å². The van der Waals surface area contributed by atoms with Crippen molar-refractivity contribution in [2.45, 2.75) is 12.0 Å². The van der Waals surface area contributed by atoms with E-state index >= 15 is 0 Å². The lowest BCUT2D eigenvalue weighted by Gasteiger charge is -2.36. The molecule has 2 aliphatic rings. The van der Waals surface area contributed by atoms with E-state index in [-0.39, 0.29) is 0 Å². The molecule has 0 aromatic heterocycles. The minimum Gasteiger partial charge on any atom is -0.493 e. The molecule has 2 heteroatoms. The zero-order chi connectivity index (χ0) is 19.3. The van der Waals surface area contributed by atoms with Crippen molar-refractivity contribution in [1.29, 1.82) is 0 Å². The van der Waals surface area contributed by atoms with Crippen LogP contribution in [0, 0.1) is 0 Å². The van der Waals surface area contributed by atoms with Gasteiger partial charge in [0.15, 0.2) is 5.60 Å². The second-order valence-corrected chi connectivity index (χ2v) is 7.66. The molecule has 4 aromatic rings. The molecule has 2 nitrogen and oxygen atoms in total. The van der Waals surface area contributed by atoms with Gasteiger partial charge >= 0.3 is 0 Å². The van der Waals surface area contributed by atoms with Gasteiger partial charge in [-0.3, -0.25) is 0 Å². The third-order valence-electron chi connectivity index (χ3n) is 5.99. The van der Waals surface area contributed by atoms with Crippen LogP contribution in [0.2, 0.25) is 0 Å². The molecule has 0 saturated heterocycles. The zero-order valence-electron chi connectivity index (χ0n) is 16.0. The van der Waals surface area contributed by atoms with E-state index in [1.165, 1.54) is 16.3 Å². The Balaban J connectivity index is 1.56. The van der Waals surface area contributed by atoms with E-state index in [9.17, 15) is 0 Å². The van der Waals surface area contributed by atoms with Crippen molar-refractivity contribution in [3.05, 3.63) is 113 Å². The average Bonchev–Trinajstić information content (AvgIpc) is 3.26. The van der Waals surface area contributed by atoms with E-state index in [4.69, 9.17) is 9.47 Å². The van der Waals surface area contributed by atoms with Gasteiger partial charge in [-0.2, -0.15) is 0 Å². The molecular weight excluding hydrogens is 356 g/mol.